The second kappa shape index (κ2) is 2.83. The Morgan fingerprint density at radius 1 is 1.43 bits per heavy atom. The number of thiazole rings is 1. The van der Waals surface area contributed by atoms with Gasteiger partial charge in [0, 0.05) is 16.3 Å². The molecular weight excluding hydrogens is 192 g/mol. The zero-order valence-electron chi connectivity index (χ0n) is 8.58. The summed E-state index contributed by atoms with van der Waals surface area (Å²) in [5.74, 6) is 0.573. The Labute approximate surface area is 87.6 Å². The summed E-state index contributed by atoms with van der Waals surface area (Å²) < 4.78 is 2.39. The molecule has 1 aliphatic carbocycles. The zero-order valence-corrected chi connectivity index (χ0v) is 9.40. The van der Waals surface area contributed by atoms with Crippen LogP contribution in [0.4, 0.5) is 0 Å². The molecule has 2 aromatic heterocycles. The summed E-state index contributed by atoms with van der Waals surface area (Å²) in [6, 6.07) is 0. The average molecular weight is 206 g/mol. The van der Waals surface area contributed by atoms with E-state index >= 15 is 0 Å². The summed E-state index contributed by atoms with van der Waals surface area (Å²) in [5.41, 5.74) is 2.91. The Morgan fingerprint density at radius 2 is 2.29 bits per heavy atom. The Kier molecular flexibility index (Phi) is 1.71. The van der Waals surface area contributed by atoms with Crippen LogP contribution in [0.3, 0.4) is 0 Å². The van der Waals surface area contributed by atoms with Crippen molar-refractivity contribution in [2.75, 3.05) is 0 Å². The molecule has 14 heavy (non-hydrogen) atoms. The minimum atomic E-state index is 0.573. The van der Waals surface area contributed by atoms with Crippen LogP contribution in [0, 0.1) is 0 Å². The van der Waals surface area contributed by atoms with Crippen molar-refractivity contribution in [2.24, 2.45) is 0 Å². The van der Waals surface area contributed by atoms with E-state index in [4.69, 9.17) is 0 Å². The first-order valence-electron chi connectivity index (χ1n) is 5.25. The Bertz CT molecular complexity index is 479. The topological polar surface area (TPSA) is 17.3 Å². The van der Waals surface area contributed by atoms with Gasteiger partial charge in [0.15, 0.2) is 4.96 Å². The molecule has 2 aromatic rings. The van der Waals surface area contributed by atoms with Crippen LogP contribution in [0.2, 0.25) is 0 Å². The first-order valence-corrected chi connectivity index (χ1v) is 6.07. The lowest BCUT2D eigenvalue weighted by molar-refractivity contribution is 0.789. The monoisotopic (exact) mass is 206 g/mol. The van der Waals surface area contributed by atoms with Crippen LogP contribution in [-0.4, -0.2) is 9.38 Å². The number of hydrogen-bond donors (Lipinski definition) is 0. The van der Waals surface area contributed by atoms with Crippen molar-refractivity contribution in [3.8, 4) is 0 Å². The molecule has 0 fully saturated rings. The van der Waals surface area contributed by atoms with Crippen LogP contribution in [-0.2, 0) is 12.8 Å². The predicted molar refractivity (Wildman–Crippen MR) is 59.2 cm³/mol. The van der Waals surface area contributed by atoms with Crippen LogP contribution >= 0.6 is 11.3 Å². The number of aryl methyl sites for hydroxylation is 2. The number of nitrogens with zero attached hydrogens (tertiary/aromatic N) is 2. The van der Waals surface area contributed by atoms with Crippen molar-refractivity contribution in [3.05, 3.63) is 22.5 Å². The molecule has 2 heterocycles. The SMILES string of the molecule is CC(C)c1cnc2sc3c(n12)CCC3. The van der Waals surface area contributed by atoms with Gasteiger partial charge >= 0.3 is 0 Å². The summed E-state index contributed by atoms with van der Waals surface area (Å²) in [6.07, 6.45) is 5.87. The van der Waals surface area contributed by atoms with Gasteiger partial charge < -0.3 is 0 Å². The Hall–Kier alpha value is -0.830. The van der Waals surface area contributed by atoms with E-state index in [2.05, 4.69) is 23.2 Å². The molecule has 0 atom stereocenters. The maximum absolute atomic E-state index is 4.48. The molecule has 0 bridgehead atoms. The van der Waals surface area contributed by atoms with Gasteiger partial charge in [-0.2, -0.15) is 0 Å². The van der Waals surface area contributed by atoms with Crippen LogP contribution in [0.25, 0.3) is 4.96 Å². The molecule has 0 unspecified atom stereocenters. The van der Waals surface area contributed by atoms with Crippen molar-refractivity contribution in [2.45, 2.75) is 39.0 Å². The summed E-state index contributed by atoms with van der Waals surface area (Å²) in [7, 11) is 0. The van der Waals surface area contributed by atoms with Gasteiger partial charge in [-0.1, -0.05) is 13.8 Å². The fraction of sp³-hybridized carbons (Fsp3) is 0.545. The minimum absolute atomic E-state index is 0.573. The van der Waals surface area contributed by atoms with Crippen molar-refractivity contribution >= 4 is 16.3 Å². The van der Waals surface area contributed by atoms with Gasteiger partial charge in [0.2, 0.25) is 0 Å². The highest BCUT2D eigenvalue weighted by Crippen LogP contribution is 2.33. The molecule has 1 aliphatic rings. The second-order valence-corrected chi connectivity index (χ2v) is 5.34. The van der Waals surface area contributed by atoms with Gasteiger partial charge in [0.25, 0.3) is 0 Å². The van der Waals surface area contributed by atoms with E-state index in [1.807, 2.05) is 17.5 Å². The van der Waals surface area contributed by atoms with E-state index in [1.165, 1.54) is 35.6 Å². The highest BCUT2D eigenvalue weighted by atomic mass is 32.1. The van der Waals surface area contributed by atoms with Crippen molar-refractivity contribution in [1.29, 1.82) is 0 Å². The maximum Gasteiger partial charge on any atom is 0.194 e. The zero-order chi connectivity index (χ0) is 9.71. The smallest absolute Gasteiger partial charge is 0.194 e. The molecule has 0 saturated carbocycles. The van der Waals surface area contributed by atoms with Crippen LogP contribution < -0.4 is 0 Å². The Morgan fingerprint density at radius 3 is 3.07 bits per heavy atom. The highest BCUT2D eigenvalue weighted by Gasteiger charge is 2.21. The molecule has 3 rings (SSSR count). The molecule has 2 nitrogen and oxygen atoms in total. The lowest BCUT2D eigenvalue weighted by Gasteiger charge is -2.04. The van der Waals surface area contributed by atoms with Gasteiger partial charge in [-0.15, -0.1) is 11.3 Å². The highest BCUT2D eigenvalue weighted by molar-refractivity contribution is 7.17. The molecule has 0 N–H and O–H groups in total. The lowest BCUT2D eigenvalue weighted by atomic mass is 10.1. The first-order chi connectivity index (χ1) is 6.77. The molecule has 74 valence electrons. The molecule has 0 aromatic carbocycles. The number of imidazole rings is 1. The third-order valence-electron chi connectivity index (χ3n) is 2.97. The van der Waals surface area contributed by atoms with Crippen molar-refractivity contribution < 1.29 is 0 Å². The maximum atomic E-state index is 4.48. The average Bonchev–Trinajstić information content (AvgIpc) is 2.70. The first kappa shape index (κ1) is 8.48. The molecule has 0 spiro atoms. The molecule has 0 amide bonds. The normalized spacial score (nSPS) is 15.6. The van der Waals surface area contributed by atoms with E-state index in [-0.39, 0.29) is 0 Å². The third kappa shape index (κ3) is 0.989. The molecule has 0 aliphatic heterocycles. The number of fused-ring (bicyclic) bond motifs is 3. The van der Waals surface area contributed by atoms with E-state index in [1.54, 1.807) is 4.88 Å². The summed E-state index contributed by atoms with van der Waals surface area (Å²) in [5, 5.41) is 0. The van der Waals surface area contributed by atoms with E-state index < -0.39 is 0 Å². The van der Waals surface area contributed by atoms with Crippen molar-refractivity contribution in [1.82, 2.24) is 9.38 Å². The van der Waals surface area contributed by atoms with Crippen LogP contribution in [0.5, 0.6) is 0 Å². The second-order valence-electron chi connectivity index (χ2n) is 4.28. The van der Waals surface area contributed by atoms with Gasteiger partial charge in [-0.05, 0) is 25.2 Å². The molecule has 3 heteroatoms. The lowest BCUT2D eigenvalue weighted by Crippen LogP contribution is -1.97. The molecular formula is C11H14N2S. The summed E-state index contributed by atoms with van der Waals surface area (Å²) in [4.78, 5) is 7.24. The predicted octanol–water partition coefficient (Wildman–Crippen LogP) is 3.01. The summed E-state index contributed by atoms with van der Waals surface area (Å²) >= 11 is 1.88. The largest absolute Gasteiger partial charge is 0.291 e. The van der Waals surface area contributed by atoms with Gasteiger partial charge in [-0.3, -0.25) is 4.40 Å². The quantitative estimate of drug-likeness (QED) is 0.701. The number of hydrogen-bond acceptors (Lipinski definition) is 2. The van der Waals surface area contributed by atoms with Gasteiger partial charge in [0.1, 0.15) is 0 Å². The van der Waals surface area contributed by atoms with Gasteiger partial charge in [-0.25, -0.2) is 4.98 Å². The number of rotatable bonds is 1. The fourth-order valence-electron chi connectivity index (χ4n) is 2.25. The Balaban J connectivity index is 2.32. The van der Waals surface area contributed by atoms with Crippen LogP contribution in [0.15, 0.2) is 6.20 Å². The van der Waals surface area contributed by atoms with E-state index in [0.717, 1.165) is 0 Å². The molecule has 0 radical (unpaired) electrons. The summed E-state index contributed by atoms with van der Waals surface area (Å²) in [6.45, 7) is 4.48. The van der Waals surface area contributed by atoms with E-state index in [9.17, 15) is 0 Å². The number of aromatic nitrogens is 2. The van der Waals surface area contributed by atoms with E-state index in [0.29, 0.717) is 5.92 Å². The molecule has 0 saturated heterocycles. The fourth-order valence-corrected chi connectivity index (χ4v) is 3.44. The van der Waals surface area contributed by atoms with Gasteiger partial charge in [0.05, 0.1) is 6.20 Å². The third-order valence-corrected chi connectivity index (χ3v) is 4.13. The van der Waals surface area contributed by atoms with Crippen molar-refractivity contribution in [3.63, 3.8) is 0 Å². The van der Waals surface area contributed by atoms with Crippen LogP contribution in [0.1, 0.15) is 42.5 Å². The standard InChI is InChI=1S/C11H14N2S/c1-7(2)9-6-12-11-13(9)8-4-3-5-10(8)14-11/h6-7H,3-5H2,1-2H3. The minimum Gasteiger partial charge on any atom is -0.291 e.